The van der Waals surface area contributed by atoms with Crippen molar-refractivity contribution in [3.8, 4) is 0 Å². The molecule has 2 N–H and O–H groups in total. The van der Waals surface area contributed by atoms with Crippen LogP contribution < -0.4 is 5.32 Å². The van der Waals surface area contributed by atoms with Crippen LogP contribution in [0.25, 0.3) is 0 Å². The van der Waals surface area contributed by atoms with Crippen LogP contribution in [0.1, 0.15) is 58.3 Å². The molecule has 0 fully saturated rings. The highest BCUT2D eigenvalue weighted by Crippen LogP contribution is 2.07. The average Bonchev–Trinajstić information content (AvgIpc) is 2.31. The fourth-order valence-electron chi connectivity index (χ4n) is 1.65. The Bertz CT molecular complexity index is 214. The van der Waals surface area contributed by atoms with Crippen molar-refractivity contribution in [1.82, 2.24) is 5.32 Å². The average molecular weight is 241 g/mol. The predicted octanol–water partition coefficient (Wildman–Crippen LogP) is 2.79. The molecule has 100 valence electrons. The zero-order valence-corrected chi connectivity index (χ0v) is 11.1. The number of carbonyl (C=O) groups excluding carboxylic acids is 1. The minimum Gasteiger partial charge on any atom is -0.396 e. The zero-order valence-electron chi connectivity index (χ0n) is 11.1. The molecule has 0 aromatic rings. The van der Waals surface area contributed by atoms with Gasteiger partial charge in [-0.3, -0.25) is 4.79 Å². The third kappa shape index (κ3) is 11.4. The standard InChI is InChI=1S/C14H27NO2/c1-13(2)14(17)15-11-9-7-5-3-4-6-8-10-12-16/h16H,1,3-12H2,2H3,(H,15,17). The van der Waals surface area contributed by atoms with Gasteiger partial charge in [0, 0.05) is 18.7 Å². The number of aliphatic hydroxyl groups is 1. The topological polar surface area (TPSA) is 49.3 Å². The Balaban J connectivity index is 3.08. The molecule has 0 atom stereocenters. The summed E-state index contributed by atoms with van der Waals surface area (Å²) in [5.74, 6) is -0.0333. The van der Waals surface area contributed by atoms with Crippen LogP contribution in [0, 0.1) is 0 Å². The number of carbonyl (C=O) groups is 1. The summed E-state index contributed by atoms with van der Waals surface area (Å²) in [5.41, 5.74) is 0.578. The second-order valence-corrected chi connectivity index (χ2v) is 4.59. The summed E-state index contributed by atoms with van der Waals surface area (Å²) >= 11 is 0. The van der Waals surface area contributed by atoms with Crippen LogP contribution in [-0.2, 0) is 4.79 Å². The first kappa shape index (κ1) is 16.2. The molecule has 0 aromatic carbocycles. The summed E-state index contributed by atoms with van der Waals surface area (Å²) in [6.07, 6.45) is 9.30. The van der Waals surface area contributed by atoms with Crippen molar-refractivity contribution in [2.24, 2.45) is 0 Å². The van der Waals surface area contributed by atoms with Crippen LogP contribution >= 0.6 is 0 Å². The zero-order chi connectivity index (χ0) is 12.9. The lowest BCUT2D eigenvalue weighted by Gasteiger charge is -2.04. The minimum absolute atomic E-state index is 0.0333. The van der Waals surface area contributed by atoms with Gasteiger partial charge in [-0.2, -0.15) is 0 Å². The number of unbranched alkanes of at least 4 members (excludes halogenated alkanes) is 7. The van der Waals surface area contributed by atoms with Gasteiger partial charge < -0.3 is 10.4 Å². The second-order valence-electron chi connectivity index (χ2n) is 4.59. The van der Waals surface area contributed by atoms with E-state index in [1.54, 1.807) is 6.92 Å². The molecule has 0 aliphatic rings. The summed E-state index contributed by atoms with van der Waals surface area (Å²) in [7, 11) is 0. The number of hydrogen-bond acceptors (Lipinski definition) is 2. The number of rotatable bonds is 11. The molecule has 0 unspecified atom stereocenters. The van der Waals surface area contributed by atoms with Crippen molar-refractivity contribution in [1.29, 1.82) is 0 Å². The molecular formula is C14H27NO2. The number of amides is 1. The van der Waals surface area contributed by atoms with E-state index in [2.05, 4.69) is 11.9 Å². The molecule has 0 heterocycles. The molecule has 0 bridgehead atoms. The summed E-state index contributed by atoms with van der Waals surface area (Å²) in [6, 6.07) is 0. The molecule has 1 amide bonds. The van der Waals surface area contributed by atoms with Crippen molar-refractivity contribution in [3.05, 3.63) is 12.2 Å². The number of aliphatic hydroxyl groups excluding tert-OH is 1. The number of nitrogens with one attached hydrogen (secondary N) is 1. The molecule has 0 saturated carbocycles. The molecular weight excluding hydrogens is 214 g/mol. The van der Waals surface area contributed by atoms with Gasteiger partial charge in [0.25, 0.3) is 0 Å². The summed E-state index contributed by atoms with van der Waals surface area (Å²) < 4.78 is 0. The van der Waals surface area contributed by atoms with E-state index in [-0.39, 0.29) is 5.91 Å². The van der Waals surface area contributed by atoms with E-state index in [1.807, 2.05) is 0 Å². The Hall–Kier alpha value is -0.830. The molecule has 0 spiro atoms. The van der Waals surface area contributed by atoms with Crippen LogP contribution in [0.5, 0.6) is 0 Å². The van der Waals surface area contributed by atoms with Crippen LogP contribution in [0.4, 0.5) is 0 Å². The maximum Gasteiger partial charge on any atom is 0.246 e. The predicted molar refractivity (Wildman–Crippen MR) is 71.8 cm³/mol. The molecule has 0 aliphatic heterocycles. The van der Waals surface area contributed by atoms with E-state index in [0.29, 0.717) is 12.2 Å². The SMILES string of the molecule is C=C(C)C(=O)NCCCCCCCCCCO. The highest BCUT2D eigenvalue weighted by atomic mass is 16.2. The lowest BCUT2D eigenvalue weighted by Crippen LogP contribution is -2.24. The smallest absolute Gasteiger partial charge is 0.246 e. The molecule has 3 heteroatoms. The largest absolute Gasteiger partial charge is 0.396 e. The van der Waals surface area contributed by atoms with E-state index >= 15 is 0 Å². The van der Waals surface area contributed by atoms with Gasteiger partial charge in [0.2, 0.25) is 5.91 Å². The highest BCUT2D eigenvalue weighted by Gasteiger charge is 1.99. The van der Waals surface area contributed by atoms with E-state index < -0.39 is 0 Å². The van der Waals surface area contributed by atoms with Crippen LogP contribution in [0.15, 0.2) is 12.2 Å². The van der Waals surface area contributed by atoms with Gasteiger partial charge in [0.05, 0.1) is 0 Å². The van der Waals surface area contributed by atoms with Crippen molar-refractivity contribution in [2.45, 2.75) is 58.3 Å². The van der Waals surface area contributed by atoms with Gasteiger partial charge in [-0.1, -0.05) is 45.1 Å². The minimum atomic E-state index is -0.0333. The lowest BCUT2D eigenvalue weighted by atomic mass is 10.1. The summed E-state index contributed by atoms with van der Waals surface area (Å²) in [4.78, 5) is 11.1. The van der Waals surface area contributed by atoms with Gasteiger partial charge in [-0.15, -0.1) is 0 Å². The van der Waals surface area contributed by atoms with Crippen molar-refractivity contribution in [2.75, 3.05) is 13.2 Å². The lowest BCUT2D eigenvalue weighted by molar-refractivity contribution is -0.117. The Morgan fingerprint density at radius 2 is 1.47 bits per heavy atom. The quantitative estimate of drug-likeness (QED) is 0.431. The monoisotopic (exact) mass is 241 g/mol. The third-order valence-electron chi connectivity index (χ3n) is 2.76. The van der Waals surface area contributed by atoms with Crippen LogP contribution in [-0.4, -0.2) is 24.2 Å². The molecule has 0 saturated heterocycles. The maximum atomic E-state index is 11.1. The number of hydrogen-bond donors (Lipinski definition) is 2. The van der Waals surface area contributed by atoms with Gasteiger partial charge in [0.1, 0.15) is 0 Å². The Kier molecular flexibility index (Phi) is 11.1. The first-order valence-corrected chi connectivity index (χ1v) is 6.73. The molecule has 3 nitrogen and oxygen atoms in total. The van der Waals surface area contributed by atoms with E-state index in [0.717, 1.165) is 25.8 Å². The van der Waals surface area contributed by atoms with E-state index in [1.165, 1.54) is 32.1 Å². The molecule has 0 rings (SSSR count). The van der Waals surface area contributed by atoms with Gasteiger partial charge in [-0.05, 0) is 19.8 Å². The second kappa shape index (κ2) is 11.6. The fourth-order valence-corrected chi connectivity index (χ4v) is 1.65. The first-order chi connectivity index (χ1) is 8.18. The maximum absolute atomic E-state index is 11.1. The van der Waals surface area contributed by atoms with Crippen molar-refractivity contribution >= 4 is 5.91 Å². The van der Waals surface area contributed by atoms with Crippen LogP contribution in [0.3, 0.4) is 0 Å². The normalized spacial score (nSPS) is 10.2. The summed E-state index contributed by atoms with van der Waals surface area (Å²) in [5, 5.41) is 11.4. The first-order valence-electron chi connectivity index (χ1n) is 6.73. The van der Waals surface area contributed by atoms with Crippen molar-refractivity contribution in [3.63, 3.8) is 0 Å². The van der Waals surface area contributed by atoms with Gasteiger partial charge in [-0.25, -0.2) is 0 Å². The Morgan fingerprint density at radius 3 is 1.94 bits per heavy atom. The summed E-state index contributed by atoms with van der Waals surface area (Å²) in [6.45, 7) is 6.39. The Labute approximate surface area is 105 Å². The third-order valence-corrected chi connectivity index (χ3v) is 2.76. The van der Waals surface area contributed by atoms with Gasteiger partial charge >= 0.3 is 0 Å². The van der Waals surface area contributed by atoms with E-state index in [4.69, 9.17) is 5.11 Å². The van der Waals surface area contributed by atoms with E-state index in [9.17, 15) is 4.79 Å². The molecule has 0 aromatic heterocycles. The fraction of sp³-hybridized carbons (Fsp3) is 0.786. The molecule has 0 aliphatic carbocycles. The van der Waals surface area contributed by atoms with Gasteiger partial charge in [0.15, 0.2) is 0 Å². The molecule has 17 heavy (non-hydrogen) atoms. The van der Waals surface area contributed by atoms with Crippen LogP contribution in [0.2, 0.25) is 0 Å². The molecule has 0 radical (unpaired) electrons. The highest BCUT2D eigenvalue weighted by molar-refractivity contribution is 5.91. The van der Waals surface area contributed by atoms with Crippen molar-refractivity contribution < 1.29 is 9.90 Å². The Morgan fingerprint density at radius 1 is 1.00 bits per heavy atom.